The summed E-state index contributed by atoms with van der Waals surface area (Å²) in [6.45, 7) is 8.17. The molecule has 0 bridgehead atoms. The summed E-state index contributed by atoms with van der Waals surface area (Å²) in [5.41, 5.74) is -0.367. The molecule has 0 aromatic rings. The first kappa shape index (κ1) is 14.8. The van der Waals surface area contributed by atoms with Gasteiger partial charge in [-0.2, -0.15) is 0 Å². The van der Waals surface area contributed by atoms with E-state index in [-0.39, 0.29) is 18.1 Å². The molecule has 1 amide bonds. The maximum Gasteiger partial charge on any atom is 0.242 e. The number of rotatable bonds is 4. The van der Waals surface area contributed by atoms with Crippen LogP contribution in [0, 0.1) is 5.92 Å². The maximum absolute atomic E-state index is 12.7. The molecule has 19 heavy (non-hydrogen) atoms. The number of piperidine rings is 1. The van der Waals surface area contributed by atoms with Gasteiger partial charge in [-0.05, 0) is 58.5 Å². The lowest BCUT2D eigenvalue weighted by atomic mass is 9.97. The van der Waals surface area contributed by atoms with E-state index in [9.17, 15) is 4.79 Å². The molecule has 110 valence electrons. The Labute approximate surface area is 116 Å². The molecule has 0 aromatic heterocycles. The van der Waals surface area contributed by atoms with Crippen molar-refractivity contribution in [1.82, 2.24) is 9.80 Å². The quantitative estimate of drug-likeness (QED) is 0.840. The van der Waals surface area contributed by atoms with Gasteiger partial charge in [-0.1, -0.05) is 6.42 Å². The van der Waals surface area contributed by atoms with Crippen LogP contribution in [-0.4, -0.2) is 59.1 Å². The number of hydrogen-bond acceptors (Lipinski definition) is 3. The molecule has 1 atom stereocenters. The van der Waals surface area contributed by atoms with Crippen LogP contribution in [-0.2, 0) is 4.79 Å². The zero-order valence-electron chi connectivity index (χ0n) is 12.4. The molecule has 2 fully saturated rings. The zero-order chi connectivity index (χ0) is 13.9. The average Bonchev–Trinajstić information content (AvgIpc) is 2.88. The van der Waals surface area contributed by atoms with Gasteiger partial charge in [0.05, 0.1) is 5.54 Å². The Morgan fingerprint density at radius 1 is 1.21 bits per heavy atom. The molecule has 4 heteroatoms. The number of amides is 1. The molecule has 1 N–H and O–H groups in total. The molecule has 0 aliphatic carbocycles. The highest BCUT2D eigenvalue weighted by Gasteiger charge is 2.40. The molecule has 0 spiro atoms. The standard InChI is InChI=1S/C15H28N2O2/c1-15(2,17-8-4-3-5-9-17)14(19)16-10-6-13(12-16)7-11-18/h13,18H,3-12H2,1-2H3/t13-/m1/s1. The van der Waals surface area contributed by atoms with E-state index in [2.05, 4.69) is 18.7 Å². The van der Waals surface area contributed by atoms with Crippen molar-refractivity contribution < 1.29 is 9.90 Å². The molecule has 2 rings (SSSR count). The second kappa shape index (κ2) is 6.23. The Bertz CT molecular complexity index is 311. The monoisotopic (exact) mass is 268 g/mol. The summed E-state index contributed by atoms with van der Waals surface area (Å²) in [7, 11) is 0. The Hall–Kier alpha value is -0.610. The first-order valence-electron chi connectivity index (χ1n) is 7.71. The smallest absolute Gasteiger partial charge is 0.242 e. The minimum Gasteiger partial charge on any atom is -0.396 e. The lowest BCUT2D eigenvalue weighted by Crippen LogP contribution is -2.57. The van der Waals surface area contributed by atoms with Crippen LogP contribution in [0.15, 0.2) is 0 Å². The third-order valence-corrected chi connectivity index (χ3v) is 4.78. The van der Waals surface area contributed by atoms with E-state index in [0.717, 1.165) is 39.0 Å². The predicted octanol–water partition coefficient (Wildman–Crippen LogP) is 1.48. The fourth-order valence-electron chi connectivity index (χ4n) is 3.41. The summed E-state index contributed by atoms with van der Waals surface area (Å²) in [4.78, 5) is 17.1. The molecule has 0 aromatic carbocycles. The number of carbonyl (C=O) groups is 1. The van der Waals surface area contributed by atoms with Crippen LogP contribution in [0.1, 0.15) is 46.0 Å². The van der Waals surface area contributed by atoms with Gasteiger partial charge in [0.15, 0.2) is 0 Å². The highest BCUT2D eigenvalue weighted by molar-refractivity contribution is 5.85. The summed E-state index contributed by atoms with van der Waals surface area (Å²) >= 11 is 0. The van der Waals surface area contributed by atoms with Crippen LogP contribution in [0.2, 0.25) is 0 Å². The van der Waals surface area contributed by atoms with Gasteiger partial charge in [0.2, 0.25) is 5.91 Å². The van der Waals surface area contributed by atoms with E-state index >= 15 is 0 Å². The average molecular weight is 268 g/mol. The van der Waals surface area contributed by atoms with Gasteiger partial charge >= 0.3 is 0 Å². The minimum atomic E-state index is -0.367. The Balaban J connectivity index is 1.94. The van der Waals surface area contributed by atoms with Crippen molar-refractivity contribution in [2.45, 2.75) is 51.5 Å². The molecular weight excluding hydrogens is 240 g/mol. The highest BCUT2D eigenvalue weighted by Crippen LogP contribution is 2.27. The first-order chi connectivity index (χ1) is 9.05. The number of nitrogens with zero attached hydrogens (tertiary/aromatic N) is 2. The third-order valence-electron chi connectivity index (χ3n) is 4.78. The van der Waals surface area contributed by atoms with Crippen LogP contribution < -0.4 is 0 Å². The predicted molar refractivity (Wildman–Crippen MR) is 75.9 cm³/mol. The molecule has 2 aliphatic heterocycles. The van der Waals surface area contributed by atoms with Crippen molar-refractivity contribution in [3.8, 4) is 0 Å². The summed E-state index contributed by atoms with van der Waals surface area (Å²) in [6, 6.07) is 0. The van der Waals surface area contributed by atoms with E-state index in [1.165, 1.54) is 19.3 Å². The van der Waals surface area contributed by atoms with Gasteiger partial charge in [-0.15, -0.1) is 0 Å². The first-order valence-corrected chi connectivity index (χ1v) is 7.71. The Morgan fingerprint density at radius 2 is 1.89 bits per heavy atom. The van der Waals surface area contributed by atoms with Crippen molar-refractivity contribution in [3.63, 3.8) is 0 Å². The maximum atomic E-state index is 12.7. The van der Waals surface area contributed by atoms with Crippen molar-refractivity contribution in [2.24, 2.45) is 5.92 Å². The Morgan fingerprint density at radius 3 is 2.53 bits per heavy atom. The van der Waals surface area contributed by atoms with E-state index in [4.69, 9.17) is 5.11 Å². The van der Waals surface area contributed by atoms with Crippen molar-refractivity contribution in [3.05, 3.63) is 0 Å². The summed E-state index contributed by atoms with van der Waals surface area (Å²) in [5.74, 6) is 0.765. The summed E-state index contributed by atoms with van der Waals surface area (Å²) in [6.07, 6.45) is 5.59. The normalized spacial score (nSPS) is 25.8. The lowest BCUT2D eigenvalue weighted by Gasteiger charge is -2.41. The molecule has 2 aliphatic rings. The largest absolute Gasteiger partial charge is 0.396 e. The molecular formula is C15H28N2O2. The molecule has 4 nitrogen and oxygen atoms in total. The Kier molecular flexibility index (Phi) is 4.85. The second-order valence-corrected chi connectivity index (χ2v) is 6.52. The molecule has 0 saturated carbocycles. The van der Waals surface area contributed by atoms with E-state index in [1.807, 2.05) is 4.90 Å². The van der Waals surface area contributed by atoms with Crippen LogP contribution in [0.4, 0.5) is 0 Å². The van der Waals surface area contributed by atoms with E-state index < -0.39 is 0 Å². The van der Waals surface area contributed by atoms with E-state index in [0.29, 0.717) is 5.92 Å². The second-order valence-electron chi connectivity index (χ2n) is 6.52. The van der Waals surface area contributed by atoms with Crippen LogP contribution in [0.25, 0.3) is 0 Å². The van der Waals surface area contributed by atoms with Crippen LogP contribution >= 0.6 is 0 Å². The van der Waals surface area contributed by atoms with Crippen LogP contribution in [0.5, 0.6) is 0 Å². The molecule has 0 radical (unpaired) electrons. The summed E-state index contributed by atoms with van der Waals surface area (Å²) in [5, 5.41) is 9.00. The van der Waals surface area contributed by atoms with Crippen molar-refractivity contribution in [1.29, 1.82) is 0 Å². The number of aliphatic hydroxyl groups is 1. The van der Waals surface area contributed by atoms with Gasteiger partial charge in [-0.25, -0.2) is 0 Å². The van der Waals surface area contributed by atoms with Gasteiger partial charge < -0.3 is 10.0 Å². The molecule has 2 heterocycles. The van der Waals surface area contributed by atoms with Gasteiger partial charge in [0, 0.05) is 19.7 Å². The number of aliphatic hydroxyl groups excluding tert-OH is 1. The fourth-order valence-corrected chi connectivity index (χ4v) is 3.41. The topological polar surface area (TPSA) is 43.8 Å². The number of carbonyl (C=O) groups excluding carboxylic acids is 1. The van der Waals surface area contributed by atoms with Gasteiger partial charge in [-0.3, -0.25) is 9.69 Å². The summed E-state index contributed by atoms with van der Waals surface area (Å²) < 4.78 is 0. The highest BCUT2D eigenvalue weighted by atomic mass is 16.3. The molecule has 0 unspecified atom stereocenters. The minimum absolute atomic E-state index is 0.238. The van der Waals surface area contributed by atoms with Gasteiger partial charge in [0.25, 0.3) is 0 Å². The zero-order valence-corrected chi connectivity index (χ0v) is 12.4. The van der Waals surface area contributed by atoms with E-state index in [1.54, 1.807) is 0 Å². The lowest BCUT2D eigenvalue weighted by molar-refractivity contribution is -0.142. The van der Waals surface area contributed by atoms with Crippen molar-refractivity contribution >= 4 is 5.91 Å². The fraction of sp³-hybridized carbons (Fsp3) is 0.933. The van der Waals surface area contributed by atoms with Gasteiger partial charge in [0.1, 0.15) is 0 Å². The molecule has 2 saturated heterocycles. The SMILES string of the molecule is CC(C)(C(=O)N1CC[C@H](CCO)C1)N1CCCCC1. The number of hydrogen-bond donors (Lipinski definition) is 1. The van der Waals surface area contributed by atoms with Crippen molar-refractivity contribution in [2.75, 3.05) is 32.8 Å². The number of likely N-dealkylation sites (tertiary alicyclic amines) is 2. The van der Waals surface area contributed by atoms with Crippen LogP contribution in [0.3, 0.4) is 0 Å². The third kappa shape index (κ3) is 3.29.